The summed E-state index contributed by atoms with van der Waals surface area (Å²) in [5, 5.41) is 9.69. The molecule has 0 aromatic heterocycles. The first-order chi connectivity index (χ1) is 9.70. The van der Waals surface area contributed by atoms with Gasteiger partial charge in [0.25, 0.3) is 0 Å². The van der Waals surface area contributed by atoms with Crippen molar-refractivity contribution in [3.8, 4) is 5.75 Å². The Kier molecular flexibility index (Phi) is 4.46. The highest BCUT2D eigenvalue weighted by Gasteiger charge is 2.23. The van der Waals surface area contributed by atoms with Crippen LogP contribution in [0.15, 0.2) is 35.2 Å². The molecule has 3 nitrogen and oxygen atoms in total. The van der Waals surface area contributed by atoms with Crippen molar-refractivity contribution in [3.63, 3.8) is 0 Å². The van der Waals surface area contributed by atoms with E-state index in [9.17, 15) is 17.9 Å². The van der Waals surface area contributed by atoms with E-state index in [2.05, 4.69) is 0 Å². The van der Waals surface area contributed by atoms with Gasteiger partial charge in [-0.15, -0.1) is 0 Å². The van der Waals surface area contributed by atoms with Gasteiger partial charge in [0.2, 0.25) is 0 Å². The summed E-state index contributed by atoms with van der Waals surface area (Å²) in [6.45, 7) is 1.73. The predicted octanol–water partition coefficient (Wildman–Crippen LogP) is 4.12. The highest BCUT2D eigenvalue weighted by atomic mass is 35.5. The minimum atomic E-state index is -3.99. The lowest BCUT2D eigenvalue weighted by Crippen LogP contribution is -2.07. The Balaban J connectivity index is 2.51. The first kappa shape index (κ1) is 16.1. The summed E-state index contributed by atoms with van der Waals surface area (Å²) in [4.78, 5) is -0.416. The highest BCUT2D eigenvalue weighted by molar-refractivity contribution is 7.90. The number of halogens is 3. The van der Waals surface area contributed by atoms with Gasteiger partial charge in [0, 0.05) is 10.6 Å². The number of aromatic hydroxyl groups is 1. The summed E-state index contributed by atoms with van der Waals surface area (Å²) >= 11 is 11.5. The summed E-state index contributed by atoms with van der Waals surface area (Å²) < 4.78 is 38.4. The van der Waals surface area contributed by atoms with Gasteiger partial charge in [0.15, 0.2) is 15.6 Å². The van der Waals surface area contributed by atoms with Crippen molar-refractivity contribution in [2.24, 2.45) is 0 Å². The van der Waals surface area contributed by atoms with Gasteiger partial charge in [-0.1, -0.05) is 40.9 Å². The lowest BCUT2D eigenvalue weighted by atomic mass is 10.1. The van der Waals surface area contributed by atoms with Gasteiger partial charge in [-0.2, -0.15) is 0 Å². The number of aryl methyl sites for hydroxylation is 1. The van der Waals surface area contributed by atoms with Crippen molar-refractivity contribution < 1.29 is 17.9 Å². The van der Waals surface area contributed by atoms with E-state index >= 15 is 0 Å². The summed E-state index contributed by atoms with van der Waals surface area (Å²) in [6.07, 6.45) is 0. The van der Waals surface area contributed by atoms with Gasteiger partial charge in [-0.05, 0) is 25.1 Å². The fourth-order valence-corrected chi connectivity index (χ4v) is 3.99. The second-order valence-corrected chi connectivity index (χ2v) is 7.39. The minimum Gasteiger partial charge on any atom is -0.505 e. The van der Waals surface area contributed by atoms with Gasteiger partial charge in [-0.3, -0.25) is 0 Å². The highest BCUT2D eigenvalue weighted by Crippen LogP contribution is 2.35. The van der Waals surface area contributed by atoms with E-state index in [0.717, 1.165) is 11.6 Å². The van der Waals surface area contributed by atoms with Gasteiger partial charge in [0.1, 0.15) is 10.7 Å². The molecule has 2 rings (SSSR count). The van der Waals surface area contributed by atoms with E-state index in [-0.39, 0.29) is 15.6 Å². The van der Waals surface area contributed by atoms with Gasteiger partial charge >= 0.3 is 0 Å². The Labute approximate surface area is 131 Å². The number of hydrogen-bond donors (Lipinski definition) is 1. The molecule has 0 fully saturated rings. The van der Waals surface area contributed by atoms with Crippen molar-refractivity contribution in [3.05, 3.63) is 57.3 Å². The SMILES string of the molecule is Cc1ccc(F)c(CS(=O)(=O)c2cc(Cl)cc(Cl)c2O)c1. The maximum Gasteiger partial charge on any atom is 0.186 e. The molecule has 0 atom stereocenters. The van der Waals surface area contributed by atoms with Crippen LogP contribution in [0.5, 0.6) is 5.75 Å². The number of hydrogen-bond acceptors (Lipinski definition) is 3. The molecule has 2 aromatic rings. The van der Waals surface area contributed by atoms with Gasteiger partial charge in [-0.25, -0.2) is 12.8 Å². The van der Waals surface area contributed by atoms with Crippen LogP contribution in [0.3, 0.4) is 0 Å². The summed E-state index contributed by atoms with van der Waals surface area (Å²) in [7, 11) is -3.99. The Morgan fingerprint density at radius 2 is 1.86 bits per heavy atom. The van der Waals surface area contributed by atoms with Crippen molar-refractivity contribution in [2.45, 2.75) is 17.6 Å². The molecule has 7 heteroatoms. The number of benzene rings is 2. The normalized spacial score (nSPS) is 11.6. The van der Waals surface area contributed by atoms with E-state index in [4.69, 9.17) is 23.2 Å². The first-order valence-corrected chi connectivity index (χ1v) is 8.27. The van der Waals surface area contributed by atoms with Gasteiger partial charge < -0.3 is 5.11 Å². The maximum absolute atomic E-state index is 13.7. The topological polar surface area (TPSA) is 54.4 Å². The van der Waals surface area contributed by atoms with Crippen LogP contribution in [0.2, 0.25) is 10.0 Å². The maximum atomic E-state index is 13.7. The lowest BCUT2D eigenvalue weighted by molar-refractivity contribution is 0.459. The zero-order chi connectivity index (χ0) is 15.8. The smallest absolute Gasteiger partial charge is 0.186 e. The van der Waals surface area contributed by atoms with Crippen LogP contribution < -0.4 is 0 Å². The zero-order valence-electron chi connectivity index (χ0n) is 10.9. The lowest BCUT2D eigenvalue weighted by Gasteiger charge is -2.10. The molecule has 0 heterocycles. The largest absolute Gasteiger partial charge is 0.505 e. The summed E-state index contributed by atoms with van der Waals surface area (Å²) in [6, 6.07) is 6.50. The zero-order valence-corrected chi connectivity index (χ0v) is 13.2. The molecule has 1 N–H and O–H groups in total. The molecule has 112 valence electrons. The third-order valence-corrected chi connectivity index (χ3v) is 5.05. The molecule has 0 aliphatic carbocycles. The standard InChI is InChI=1S/C14H11Cl2FO3S/c1-8-2-3-12(17)9(4-8)7-21(19,20)13-6-10(15)5-11(16)14(13)18/h2-6,18H,7H2,1H3. The molecule has 0 aliphatic rings. The van der Waals surface area contributed by atoms with Crippen molar-refractivity contribution in [1.82, 2.24) is 0 Å². The molecule has 0 radical (unpaired) electrons. The predicted molar refractivity (Wildman–Crippen MR) is 80.2 cm³/mol. The average molecular weight is 349 g/mol. The molecule has 21 heavy (non-hydrogen) atoms. The fourth-order valence-electron chi connectivity index (χ4n) is 1.88. The molecule has 0 spiro atoms. The van der Waals surface area contributed by atoms with Crippen molar-refractivity contribution >= 4 is 33.0 Å². The molecule has 0 saturated carbocycles. The van der Waals surface area contributed by atoms with Crippen LogP contribution in [0.25, 0.3) is 0 Å². The van der Waals surface area contributed by atoms with Crippen molar-refractivity contribution in [1.29, 1.82) is 0 Å². The molecule has 0 amide bonds. The molecule has 2 aromatic carbocycles. The molecule has 0 unspecified atom stereocenters. The van der Waals surface area contributed by atoms with E-state index < -0.39 is 32.1 Å². The van der Waals surface area contributed by atoms with E-state index in [0.29, 0.717) is 0 Å². The third-order valence-electron chi connectivity index (χ3n) is 2.88. The molecule has 0 saturated heterocycles. The van der Waals surface area contributed by atoms with Crippen LogP contribution in [0, 0.1) is 12.7 Å². The van der Waals surface area contributed by atoms with E-state index in [1.807, 2.05) is 0 Å². The number of phenolic OH excluding ortho intramolecular Hbond substituents is 1. The number of phenols is 1. The minimum absolute atomic E-state index is 0.0190. The Morgan fingerprint density at radius 1 is 1.19 bits per heavy atom. The van der Waals surface area contributed by atoms with Crippen LogP contribution >= 0.6 is 23.2 Å². The second-order valence-electron chi connectivity index (χ2n) is 4.59. The Bertz CT molecular complexity index is 804. The van der Waals surface area contributed by atoms with E-state index in [1.165, 1.54) is 18.2 Å². The van der Waals surface area contributed by atoms with Crippen LogP contribution in [0.4, 0.5) is 4.39 Å². The van der Waals surface area contributed by atoms with Crippen molar-refractivity contribution in [2.75, 3.05) is 0 Å². The molecular formula is C14H11Cl2FO3S. The first-order valence-electron chi connectivity index (χ1n) is 5.86. The third kappa shape index (κ3) is 3.48. The summed E-state index contributed by atoms with van der Waals surface area (Å²) in [5.74, 6) is -1.81. The number of sulfone groups is 1. The van der Waals surface area contributed by atoms with E-state index in [1.54, 1.807) is 13.0 Å². The van der Waals surface area contributed by atoms with Crippen LogP contribution in [-0.4, -0.2) is 13.5 Å². The quantitative estimate of drug-likeness (QED) is 0.907. The fraction of sp³-hybridized carbons (Fsp3) is 0.143. The average Bonchev–Trinajstić information content (AvgIpc) is 2.37. The molecule has 0 bridgehead atoms. The molecule has 0 aliphatic heterocycles. The monoisotopic (exact) mass is 348 g/mol. The van der Waals surface area contributed by atoms with Crippen LogP contribution in [-0.2, 0) is 15.6 Å². The number of rotatable bonds is 3. The second kappa shape index (κ2) is 5.83. The Morgan fingerprint density at radius 3 is 2.52 bits per heavy atom. The Hall–Kier alpha value is -1.30. The summed E-state index contributed by atoms with van der Waals surface area (Å²) in [5.41, 5.74) is 0.750. The van der Waals surface area contributed by atoms with Crippen LogP contribution in [0.1, 0.15) is 11.1 Å². The molecular weight excluding hydrogens is 338 g/mol. The van der Waals surface area contributed by atoms with Gasteiger partial charge in [0.05, 0.1) is 10.8 Å².